The van der Waals surface area contributed by atoms with Crippen molar-refractivity contribution in [2.75, 3.05) is 23.7 Å². The van der Waals surface area contributed by atoms with Crippen LogP contribution >= 0.6 is 0 Å². The zero-order valence-electron chi connectivity index (χ0n) is 46.2. The molecule has 6 aromatic carbocycles. The molecule has 0 amide bonds. The smallest absolute Gasteiger partial charge is 0.684 e. The van der Waals surface area contributed by atoms with Gasteiger partial charge in [0.05, 0.1) is 23.1 Å². The van der Waals surface area contributed by atoms with E-state index >= 15 is 0 Å². The van der Waals surface area contributed by atoms with Crippen molar-refractivity contribution in [2.24, 2.45) is 0 Å². The van der Waals surface area contributed by atoms with Crippen LogP contribution in [0, 0.1) is 14.9 Å². The number of nitrogens with zero attached hydrogens (tertiary/aromatic N) is 4. The fraction of sp³-hybridized carbons (Fsp3) is 0.294. The molecular weight excluding hydrogens is 992 g/mol. The van der Waals surface area contributed by atoms with Gasteiger partial charge in [-0.3, -0.25) is 9.97 Å². The summed E-state index contributed by atoms with van der Waals surface area (Å²) >= 11 is 0. The van der Waals surface area contributed by atoms with Crippen LogP contribution in [0.15, 0.2) is 170 Å². The van der Waals surface area contributed by atoms with Crippen LogP contribution in [0.2, 0.25) is 0 Å². The summed E-state index contributed by atoms with van der Waals surface area (Å²) in [7, 11) is 0. The second kappa shape index (κ2) is 27.0. The van der Waals surface area contributed by atoms with E-state index in [-0.39, 0.29) is 53.1 Å². The van der Waals surface area contributed by atoms with Gasteiger partial charge < -0.3 is 36.1 Å². The number of hydrogen-bond donors (Lipinski definition) is 2. The van der Waals surface area contributed by atoms with Gasteiger partial charge in [-0.25, -0.2) is 0 Å². The molecule has 2 N–H and O–H groups in total. The van der Waals surface area contributed by atoms with Crippen molar-refractivity contribution in [2.45, 2.75) is 117 Å². The molecule has 7 heteroatoms. The van der Waals surface area contributed by atoms with Crippen molar-refractivity contribution in [1.29, 1.82) is 0 Å². The quantitative estimate of drug-likeness (QED) is 0.106. The van der Waals surface area contributed by atoms with Crippen molar-refractivity contribution >= 4 is 22.7 Å². The first-order valence-corrected chi connectivity index (χ1v) is 26.5. The maximum Gasteiger partial charge on any atom is 3.00 e. The molecule has 385 valence electrons. The van der Waals surface area contributed by atoms with E-state index in [9.17, 15) is 0 Å². The number of benzene rings is 6. The summed E-state index contributed by atoms with van der Waals surface area (Å²) in [6.07, 6.45) is 4.50. The number of fused-ring (bicyclic) bond motifs is 2. The van der Waals surface area contributed by atoms with Gasteiger partial charge in [0.1, 0.15) is 0 Å². The Kier molecular flexibility index (Phi) is 20.8. The zero-order valence-corrected chi connectivity index (χ0v) is 48.6. The molecule has 4 heterocycles. The first-order valence-electron chi connectivity index (χ1n) is 26.5. The van der Waals surface area contributed by atoms with Gasteiger partial charge in [-0.05, 0) is 101 Å². The average molecular weight is 1070 g/mol. The van der Waals surface area contributed by atoms with Gasteiger partial charge in [0, 0.05) is 29.2 Å². The Morgan fingerprint density at radius 3 is 1.60 bits per heavy atom. The van der Waals surface area contributed by atoms with Crippen LogP contribution in [0.4, 0.5) is 22.7 Å². The summed E-state index contributed by atoms with van der Waals surface area (Å²) in [6.45, 7) is 20.0. The van der Waals surface area contributed by atoms with E-state index in [1.807, 2.05) is 0 Å². The van der Waals surface area contributed by atoms with E-state index in [1.165, 1.54) is 62.3 Å². The summed E-state index contributed by atoms with van der Waals surface area (Å²) in [5, 5.41) is 18.0. The molecule has 0 spiro atoms. The van der Waals surface area contributed by atoms with E-state index in [4.69, 9.17) is 20.6 Å². The molecule has 0 saturated heterocycles. The summed E-state index contributed by atoms with van der Waals surface area (Å²) < 4.78 is 0. The predicted octanol–water partition coefficient (Wildman–Crippen LogP) is 19.2. The third kappa shape index (κ3) is 13.4. The van der Waals surface area contributed by atoms with Crippen molar-refractivity contribution < 1.29 is 26.2 Å². The number of aromatic nitrogens is 2. The second-order valence-corrected chi connectivity index (χ2v) is 20.7. The number of anilines is 2. The molecule has 75 heavy (non-hydrogen) atoms. The minimum absolute atomic E-state index is 0. The SMILES string of the molecule is CC(C)c1cccc(C(C)C)c1NC(c1ccccc1)c1cccc(-c2cccc3c2NCCC3)n1.CC(C)c1cccc(C(C)C)c1[N-]C(c1ccccc1)c1cccc(-c2cccc3c2[N-]CCC3)n1.[CH3-].[CH3-].[Zr+3]. The molecule has 2 aliphatic heterocycles. The molecule has 8 aromatic rings. The van der Waals surface area contributed by atoms with Crippen LogP contribution in [0.1, 0.15) is 160 Å². The third-order valence-corrected chi connectivity index (χ3v) is 14.2. The molecule has 0 saturated carbocycles. The number of nitrogens with one attached hydrogen (secondary N) is 2. The van der Waals surface area contributed by atoms with E-state index < -0.39 is 0 Å². The van der Waals surface area contributed by atoms with Crippen LogP contribution in [0.3, 0.4) is 0 Å². The minimum Gasteiger partial charge on any atom is -0.684 e. The van der Waals surface area contributed by atoms with Crippen LogP contribution in [-0.4, -0.2) is 23.1 Å². The number of para-hydroxylation sites is 4. The topological polar surface area (TPSA) is 78.0 Å². The molecule has 2 unspecified atom stereocenters. The molecule has 0 fully saturated rings. The Balaban J connectivity index is 0.000000234. The van der Waals surface area contributed by atoms with Gasteiger partial charge in [0.2, 0.25) is 0 Å². The summed E-state index contributed by atoms with van der Waals surface area (Å²) in [4.78, 5) is 10.5. The normalized spacial score (nSPS) is 13.3. The minimum atomic E-state index is -0.194. The van der Waals surface area contributed by atoms with Crippen LogP contribution < -0.4 is 10.6 Å². The van der Waals surface area contributed by atoms with Crippen molar-refractivity contribution in [3.8, 4) is 22.5 Å². The van der Waals surface area contributed by atoms with Crippen LogP contribution in [0.5, 0.6) is 0 Å². The maximum atomic E-state index is 5.48. The Labute approximate surface area is 470 Å². The van der Waals surface area contributed by atoms with Crippen LogP contribution in [-0.2, 0) is 39.0 Å². The van der Waals surface area contributed by atoms with Crippen molar-refractivity contribution in [3.63, 3.8) is 0 Å². The Morgan fingerprint density at radius 1 is 0.493 bits per heavy atom. The number of aryl methyl sites for hydroxylation is 2. The van der Waals surface area contributed by atoms with E-state index in [2.05, 4.69) is 236 Å². The summed E-state index contributed by atoms with van der Waals surface area (Å²) in [6, 6.07) is 60.2. The second-order valence-electron chi connectivity index (χ2n) is 20.7. The Hall–Kier alpha value is -6.30. The van der Waals surface area contributed by atoms with E-state index in [0.29, 0.717) is 23.7 Å². The first kappa shape index (κ1) is 58.0. The zero-order chi connectivity index (χ0) is 50.1. The predicted molar refractivity (Wildman–Crippen MR) is 318 cm³/mol. The Bertz CT molecular complexity index is 2810. The summed E-state index contributed by atoms with van der Waals surface area (Å²) in [5.41, 5.74) is 21.3. The number of pyridine rings is 2. The molecule has 2 atom stereocenters. The molecule has 6 nitrogen and oxygen atoms in total. The standard InChI is InChI=1S/C33H37N3.C33H35N3.2CH3.Zr/c2*1-22(2)26-16-9-17-27(23(3)4)33(26)36-32(25-12-6-5-7-13-25)30-20-10-19-29(35-30)28-18-8-14-24-15-11-21-34-31(24)28;;;/h5-10,12-14,16-20,22-23,32,34,36H,11,15,21H2,1-4H3;5-10,12-14,16-20,22-23,32H,11,15,21H2,1-4H3;2*1H3;/q;-2;2*-1;+3. The van der Waals surface area contributed by atoms with Gasteiger partial charge in [-0.1, -0.05) is 230 Å². The van der Waals surface area contributed by atoms with Crippen molar-refractivity contribution in [1.82, 2.24) is 9.97 Å². The van der Waals surface area contributed by atoms with Gasteiger partial charge in [-0.15, -0.1) is 17.9 Å². The number of hydrogen-bond acceptors (Lipinski definition) is 4. The van der Waals surface area contributed by atoms with E-state index in [0.717, 1.165) is 77.6 Å². The summed E-state index contributed by atoms with van der Waals surface area (Å²) in [5.74, 6) is 1.61. The fourth-order valence-electron chi connectivity index (χ4n) is 10.5. The third-order valence-electron chi connectivity index (χ3n) is 14.2. The first-order chi connectivity index (χ1) is 35.0. The molecule has 1 radical (unpaired) electrons. The largest absolute Gasteiger partial charge is 3.00 e. The molecular formula is C68H78N6Zr-. The number of rotatable bonds is 14. The van der Waals surface area contributed by atoms with Crippen LogP contribution in [0.25, 0.3) is 33.1 Å². The molecule has 2 aromatic heterocycles. The average Bonchev–Trinajstić information content (AvgIpc) is 3.41. The van der Waals surface area contributed by atoms with Crippen molar-refractivity contribution in [3.05, 3.63) is 251 Å². The van der Waals surface area contributed by atoms with Gasteiger partial charge in [0.15, 0.2) is 0 Å². The molecule has 0 bridgehead atoms. The monoisotopic (exact) mass is 1070 g/mol. The molecule has 10 rings (SSSR count). The van der Waals surface area contributed by atoms with Gasteiger partial charge >= 0.3 is 26.2 Å². The van der Waals surface area contributed by atoms with Gasteiger partial charge in [0.25, 0.3) is 0 Å². The molecule has 2 aliphatic rings. The van der Waals surface area contributed by atoms with E-state index in [1.54, 1.807) is 0 Å². The van der Waals surface area contributed by atoms with Gasteiger partial charge in [-0.2, -0.15) is 0 Å². The maximum absolute atomic E-state index is 5.48. The molecule has 0 aliphatic carbocycles. The fourth-order valence-corrected chi connectivity index (χ4v) is 10.5. The Morgan fingerprint density at radius 2 is 0.987 bits per heavy atom.